The highest BCUT2D eigenvalue weighted by Gasteiger charge is 2.26. The summed E-state index contributed by atoms with van der Waals surface area (Å²) in [4.78, 5) is 32.2. The van der Waals surface area contributed by atoms with Crippen molar-refractivity contribution in [2.75, 3.05) is 12.4 Å². The molecule has 4 aromatic rings. The standard InChI is InChI=1S/C25H24ClN5O5/c1-14-9-10-15(11-18(14)35-5)19-20-22(29-24(32)36-25(2,3)4)27-13-28-23(20)30(21(19)26)16-7-6-8-17(12-16)31(33)34/h6-13H,1-5H3,(H,27,28,29,32). The predicted molar refractivity (Wildman–Crippen MR) is 137 cm³/mol. The van der Waals surface area contributed by atoms with Crippen LogP contribution in [0.1, 0.15) is 26.3 Å². The van der Waals surface area contributed by atoms with Crippen LogP contribution in [0.5, 0.6) is 5.75 Å². The van der Waals surface area contributed by atoms with Crippen LogP contribution >= 0.6 is 11.6 Å². The molecule has 0 unspecified atom stereocenters. The quantitative estimate of drug-likeness (QED) is 0.247. The van der Waals surface area contributed by atoms with Gasteiger partial charge in [-0.15, -0.1) is 0 Å². The summed E-state index contributed by atoms with van der Waals surface area (Å²) in [5.41, 5.74) is 2.05. The van der Waals surface area contributed by atoms with E-state index in [0.717, 1.165) is 5.56 Å². The minimum atomic E-state index is -0.726. The molecule has 2 aromatic carbocycles. The number of aryl methyl sites for hydroxylation is 1. The third-order valence-electron chi connectivity index (χ3n) is 5.31. The highest BCUT2D eigenvalue weighted by molar-refractivity contribution is 6.35. The van der Waals surface area contributed by atoms with Crippen molar-refractivity contribution < 1.29 is 19.2 Å². The monoisotopic (exact) mass is 509 g/mol. The van der Waals surface area contributed by atoms with Crippen LogP contribution in [0.3, 0.4) is 0 Å². The minimum absolute atomic E-state index is 0.106. The molecule has 0 saturated carbocycles. The second kappa shape index (κ2) is 9.46. The van der Waals surface area contributed by atoms with Gasteiger partial charge in [-0.05, 0) is 51.0 Å². The molecule has 1 N–H and O–H groups in total. The number of carbonyl (C=O) groups excluding carboxylic acids is 1. The Morgan fingerprint density at radius 1 is 1.17 bits per heavy atom. The fourth-order valence-electron chi connectivity index (χ4n) is 3.80. The number of nitrogens with one attached hydrogen (secondary N) is 1. The van der Waals surface area contributed by atoms with Gasteiger partial charge in [0.05, 0.1) is 23.1 Å². The number of carbonyl (C=O) groups is 1. The molecule has 4 rings (SSSR count). The van der Waals surface area contributed by atoms with E-state index in [4.69, 9.17) is 21.1 Å². The summed E-state index contributed by atoms with van der Waals surface area (Å²) in [6, 6.07) is 11.6. The van der Waals surface area contributed by atoms with Gasteiger partial charge in [-0.2, -0.15) is 0 Å². The van der Waals surface area contributed by atoms with Gasteiger partial charge in [0.1, 0.15) is 28.6 Å². The maximum Gasteiger partial charge on any atom is 0.413 e. The molecular formula is C25H24ClN5O5. The Kier molecular flexibility index (Phi) is 6.55. The van der Waals surface area contributed by atoms with Gasteiger partial charge in [0.2, 0.25) is 0 Å². The fraction of sp³-hybridized carbons (Fsp3) is 0.240. The molecule has 0 aliphatic carbocycles. The largest absolute Gasteiger partial charge is 0.496 e. The number of non-ortho nitro benzene ring substituents is 1. The van der Waals surface area contributed by atoms with Crippen molar-refractivity contribution in [1.82, 2.24) is 14.5 Å². The molecule has 11 heteroatoms. The number of nitrogens with zero attached hydrogens (tertiary/aromatic N) is 4. The van der Waals surface area contributed by atoms with E-state index in [1.54, 1.807) is 44.6 Å². The number of amides is 1. The fourth-order valence-corrected chi connectivity index (χ4v) is 4.18. The molecule has 0 aliphatic rings. The molecule has 1 amide bonds. The maximum atomic E-state index is 12.6. The van der Waals surface area contributed by atoms with Crippen LogP contribution in [0.25, 0.3) is 27.8 Å². The van der Waals surface area contributed by atoms with Gasteiger partial charge in [0.25, 0.3) is 5.69 Å². The normalized spacial score (nSPS) is 11.4. The number of nitro benzene ring substituents is 1. The van der Waals surface area contributed by atoms with Crippen molar-refractivity contribution in [3.05, 3.63) is 69.6 Å². The number of aromatic nitrogens is 3. The SMILES string of the molecule is COc1cc(-c2c(Cl)n(-c3cccc([N+](=O)[O-])c3)c3ncnc(NC(=O)OC(C)(C)C)c23)ccc1C. The Morgan fingerprint density at radius 3 is 2.58 bits per heavy atom. The molecular weight excluding hydrogens is 486 g/mol. The highest BCUT2D eigenvalue weighted by atomic mass is 35.5. The van der Waals surface area contributed by atoms with Crippen LogP contribution in [0.2, 0.25) is 5.15 Å². The van der Waals surface area contributed by atoms with Gasteiger partial charge >= 0.3 is 6.09 Å². The summed E-state index contributed by atoms with van der Waals surface area (Å²) in [5, 5.41) is 14.8. The second-order valence-electron chi connectivity index (χ2n) is 9.01. The zero-order valence-electron chi connectivity index (χ0n) is 20.3. The van der Waals surface area contributed by atoms with Gasteiger partial charge < -0.3 is 9.47 Å². The lowest BCUT2D eigenvalue weighted by atomic mass is 10.0. The third kappa shape index (κ3) is 4.80. The summed E-state index contributed by atoms with van der Waals surface area (Å²) in [7, 11) is 1.57. The number of fused-ring (bicyclic) bond motifs is 1. The van der Waals surface area contributed by atoms with Gasteiger partial charge in [-0.3, -0.25) is 20.0 Å². The Morgan fingerprint density at radius 2 is 1.92 bits per heavy atom. The summed E-state index contributed by atoms with van der Waals surface area (Å²) < 4.78 is 12.5. The van der Waals surface area contributed by atoms with Crippen LogP contribution in [0, 0.1) is 17.0 Å². The van der Waals surface area contributed by atoms with E-state index < -0.39 is 16.6 Å². The number of halogens is 1. The van der Waals surface area contributed by atoms with Crippen molar-refractivity contribution in [2.45, 2.75) is 33.3 Å². The first-order valence-corrected chi connectivity index (χ1v) is 11.3. The number of rotatable bonds is 5. The molecule has 0 atom stereocenters. The summed E-state index contributed by atoms with van der Waals surface area (Å²) in [5.74, 6) is 0.813. The first-order valence-electron chi connectivity index (χ1n) is 10.9. The second-order valence-corrected chi connectivity index (χ2v) is 9.37. The third-order valence-corrected chi connectivity index (χ3v) is 5.66. The topological polar surface area (TPSA) is 121 Å². The summed E-state index contributed by atoms with van der Waals surface area (Å²) >= 11 is 6.94. The average Bonchev–Trinajstić information content (AvgIpc) is 3.11. The molecule has 0 spiro atoms. The van der Waals surface area contributed by atoms with Crippen molar-refractivity contribution in [3.8, 4) is 22.6 Å². The Labute approximate surface area is 212 Å². The number of hydrogen-bond acceptors (Lipinski definition) is 7. The maximum absolute atomic E-state index is 12.6. The number of anilines is 1. The van der Waals surface area contributed by atoms with Crippen LogP contribution in [-0.4, -0.2) is 38.3 Å². The lowest BCUT2D eigenvalue weighted by molar-refractivity contribution is -0.384. The van der Waals surface area contributed by atoms with E-state index in [0.29, 0.717) is 33.6 Å². The average molecular weight is 510 g/mol. The Hall–Kier alpha value is -4.18. The van der Waals surface area contributed by atoms with Gasteiger partial charge in [0.15, 0.2) is 5.65 Å². The first-order chi connectivity index (χ1) is 17.0. The number of hydrogen-bond donors (Lipinski definition) is 1. The van der Waals surface area contributed by atoms with E-state index in [1.165, 1.54) is 18.5 Å². The molecule has 36 heavy (non-hydrogen) atoms. The van der Waals surface area contributed by atoms with E-state index in [2.05, 4.69) is 15.3 Å². The number of methoxy groups -OCH3 is 1. The molecule has 186 valence electrons. The first kappa shape index (κ1) is 24.9. The minimum Gasteiger partial charge on any atom is -0.496 e. The predicted octanol–water partition coefficient (Wildman–Crippen LogP) is 6.31. The zero-order valence-corrected chi connectivity index (χ0v) is 21.1. The molecule has 2 aromatic heterocycles. The van der Waals surface area contributed by atoms with Crippen molar-refractivity contribution in [3.63, 3.8) is 0 Å². The number of ether oxygens (including phenoxy) is 2. The Bertz CT molecular complexity index is 1490. The molecule has 0 aliphatic heterocycles. The van der Waals surface area contributed by atoms with Crippen LogP contribution in [0.15, 0.2) is 48.8 Å². The Balaban J connectivity index is 2.02. The molecule has 0 fully saturated rings. The molecule has 0 saturated heterocycles. The van der Waals surface area contributed by atoms with Crippen molar-refractivity contribution in [2.24, 2.45) is 0 Å². The van der Waals surface area contributed by atoms with Crippen LogP contribution < -0.4 is 10.1 Å². The van der Waals surface area contributed by atoms with Gasteiger partial charge in [0, 0.05) is 17.7 Å². The van der Waals surface area contributed by atoms with Gasteiger partial charge in [-0.1, -0.05) is 29.8 Å². The molecule has 2 heterocycles. The van der Waals surface area contributed by atoms with E-state index >= 15 is 0 Å². The molecule has 10 nitrogen and oxygen atoms in total. The van der Waals surface area contributed by atoms with E-state index in [1.807, 2.05) is 25.1 Å². The van der Waals surface area contributed by atoms with Crippen LogP contribution in [-0.2, 0) is 4.74 Å². The van der Waals surface area contributed by atoms with Crippen LogP contribution in [0.4, 0.5) is 16.3 Å². The van der Waals surface area contributed by atoms with Crippen molar-refractivity contribution >= 4 is 40.2 Å². The number of benzene rings is 2. The lowest BCUT2D eigenvalue weighted by Crippen LogP contribution is -2.27. The highest BCUT2D eigenvalue weighted by Crippen LogP contribution is 2.43. The molecule has 0 bridgehead atoms. The summed E-state index contributed by atoms with van der Waals surface area (Å²) in [6.07, 6.45) is 0.577. The van der Waals surface area contributed by atoms with Gasteiger partial charge in [-0.25, -0.2) is 14.8 Å². The number of nitro groups is 1. The van der Waals surface area contributed by atoms with Crippen molar-refractivity contribution in [1.29, 1.82) is 0 Å². The zero-order chi connectivity index (χ0) is 26.2. The van der Waals surface area contributed by atoms with E-state index in [-0.39, 0.29) is 16.7 Å². The smallest absolute Gasteiger partial charge is 0.413 e. The van der Waals surface area contributed by atoms with E-state index in [9.17, 15) is 14.9 Å². The molecule has 0 radical (unpaired) electrons. The summed E-state index contributed by atoms with van der Waals surface area (Å²) in [6.45, 7) is 7.17. The lowest BCUT2D eigenvalue weighted by Gasteiger charge is -2.19.